The van der Waals surface area contributed by atoms with E-state index in [-0.39, 0.29) is 37.6 Å². The van der Waals surface area contributed by atoms with Gasteiger partial charge in [0.25, 0.3) is 0 Å². The number of hydrogen-bond acceptors (Lipinski definition) is 8. The summed E-state index contributed by atoms with van der Waals surface area (Å²) >= 11 is 0. The number of para-hydroxylation sites is 2. The topological polar surface area (TPSA) is 163 Å². The summed E-state index contributed by atoms with van der Waals surface area (Å²) in [7, 11) is 0. The van der Waals surface area contributed by atoms with Gasteiger partial charge in [0.05, 0.1) is 0 Å². The van der Waals surface area contributed by atoms with E-state index in [4.69, 9.17) is 21.1 Å². The average molecular weight is 442 g/mol. The Kier molecular flexibility index (Phi) is 9.82. The first-order valence-corrected chi connectivity index (χ1v) is 9.95. The van der Waals surface area contributed by atoms with Gasteiger partial charge in [0.1, 0.15) is 13.2 Å². The van der Waals surface area contributed by atoms with Gasteiger partial charge in [-0.25, -0.2) is 11.0 Å². The van der Waals surface area contributed by atoms with Gasteiger partial charge in [-0.2, -0.15) is 0 Å². The van der Waals surface area contributed by atoms with Gasteiger partial charge in [0.15, 0.2) is 11.6 Å². The fourth-order valence-electron chi connectivity index (χ4n) is 2.69. The molecule has 0 aromatic heterocycles. The van der Waals surface area contributed by atoms with Gasteiger partial charge in [-0.1, -0.05) is 24.3 Å². The van der Waals surface area contributed by atoms with Gasteiger partial charge in [-0.3, -0.25) is 28.9 Å². The van der Waals surface area contributed by atoms with Crippen LogP contribution in [0.1, 0.15) is 46.4 Å². The number of carbonyl (C=O) groups excluding carboxylic acids is 4. The Bertz CT molecular complexity index is 885. The largest absolute Gasteiger partial charge is 0.398 e. The lowest BCUT2D eigenvalue weighted by molar-refractivity contribution is -0.134. The summed E-state index contributed by atoms with van der Waals surface area (Å²) in [5, 5.41) is 0. The zero-order valence-corrected chi connectivity index (χ0v) is 17.5. The molecule has 0 heterocycles. The van der Waals surface area contributed by atoms with Crippen molar-refractivity contribution in [3.8, 4) is 0 Å². The van der Waals surface area contributed by atoms with E-state index in [0.29, 0.717) is 35.3 Å². The van der Waals surface area contributed by atoms with Crippen molar-refractivity contribution >= 4 is 34.8 Å². The number of unbranched alkanes of at least 4 members (excludes halogenated alkanes) is 1. The standard InChI is InChI=1S/C22H26N4O6/c23-17-9-3-1-7-15(17)19(27)13-31-25-21(29)11-5-6-12-22(30)26-32-14-20(28)16-8-2-4-10-18(16)24/h1-4,7-10H,5-6,11-14,23-24H2,(H,25,29)(H,26,30). The Morgan fingerprint density at radius 1 is 0.656 bits per heavy atom. The second kappa shape index (κ2) is 12.8. The summed E-state index contributed by atoms with van der Waals surface area (Å²) in [6.07, 6.45) is 1.06. The summed E-state index contributed by atoms with van der Waals surface area (Å²) in [6.45, 7) is -0.680. The maximum Gasteiger partial charge on any atom is 0.243 e. The molecule has 6 N–H and O–H groups in total. The lowest BCUT2D eigenvalue weighted by Crippen LogP contribution is -2.27. The highest BCUT2D eigenvalue weighted by molar-refractivity contribution is 6.02. The van der Waals surface area contributed by atoms with E-state index in [1.54, 1.807) is 48.5 Å². The van der Waals surface area contributed by atoms with Crippen molar-refractivity contribution in [2.75, 3.05) is 24.7 Å². The number of nitrogens with one attached hydrogen (secondary N) is 2. The number of hydrogen-bond donors (Lipinski definition) is 4. The van der Waals surface area contributed by atoms with Gasteiger partial charge in [-0.05, 0) is 37.1 Å². The molecule has 0 spiro atoms. The van der Waals surface area contributed by atoms with Gasteiger partial charge in [-0.15, -0.1) is 0 Å². The molecule has 2 rings (SSSR count). The first kappa shape index (κ1) is 24.5. The number of anilines is 2. The Morgan fingerprint density at radius 3 is 1.41 bits per heavy atom. The van der Waals surface area contributed by atoms with Crippen LogP contribution in [-0.2, 0) is 19.3 Å². The first-order chi connectivity index (χ1) is 15.4. The van der Waals surface area contributed by atoms with Gasteiger partial charge < -0.3 is 11.5 Å². The van der Waals surface area contributed by atoms with Crippen molar-refractivity contribution < 1.29 is 28.9 Å². The van der Waals surface area contributed by atoms with Crippen LogP contribution in [0.15, 0.2) is 48.5 Å². The molecule has 32 heavy (non-hydrogen) atoms. The van der Waals surface area contributed by atoms with Crippen LogP contribution in [0.25, 0.3) is 0 Å². The molecule has 0 saturated heterocycles. The average Bonchev–Trinajstić information content (AvgIpc) is 2.77. The number of ketones is 2. The van der Waals surface area contributed by atoms with Crippen molar-refractivity contribution in [3.63, 3.8) is 0 Å². The molecule has 0 radical (unpaired) electrons. The zero-order valence-electron chi connectivity index (χ0n) is 17.5. The van der Waals surface area contributed by atoms with Crippen LogP contribution in [0.2, 0.25) is 0 Å². The molecule has 0 fully saturated rings. The van der Waals surface area contributed by atoms with Crippen LogP contribution in [0, 0.1) is 0 Å². The lowest BCUT2D eigenvalue weighted by Gasteiger charge is -2.08. The van der Waals surface area contributed by atoms with Crippen LogP contribution in [-0.4, -0.2) is 36.6 Å². The maximum atomic E-state index is 12.0. The number of amides is 2. The van der Waals surface area contributed by atoms with E-state index in [1.165, 1.54) is 0 Å². The quantitative estimate of drug-likeness (QED) is 0.157. The number of benzene rings is 2. The van der Waals surface area contributed by atoms with Crippen LogP contribution >= 0.6 is 0 Å². The predicted molar refractivity (Wildman–Crippen MR) is 117 cm³/mol. The number of nitrogen functional groups attached to an aromatic ring is 2. The zero-order chi connectivity index (χ0) is 23.3. The minimum absolute atomic E-state index is 0.113. The Hall–Kier alpha value is -3.76. The predicted octanol–water partition coefficient (Wildman–Crippen LogP) is 1.57. The number of nitrogens with two attached hydrogens (primary N) is 2. The van der Waals surface area contributed by atoms with Crippen molar-refractivity contribution in [2.45, 2.75) is 25.7 Å². The summed E-state index contributed by atoms with van der Waals surface area (Å²) < 4.78 is 0. The number of rotatable bonds is 13. The third kappa shape index (κ3) is 8.17. The maximum absolute atomic E-state index is 12.0. The Balaban J connectivity index is 1.53. The van der Waals surface area contributed by atoms with Gasteiger partial charge in [0.2, 0.25) is 11.8 Å². The molecule has 0 unspecified atom stereocenters. The molecule has 170 valence electrons. The second-order valence-electron chi connectivity index (χ2n) is 6.86. The molecular weight excluding hydrogens is 416 g/mol. The van der Waals surface area contributed by atoms with Crippen molar-refractivity contribution in [1.82, 2.24) is 11.0 Å². The molecule has 0 aliphatic carbocycles. The van der Waals surface area contributed by atoms with Crippen LogP contribution in [0.3, 0.4) is 0 Å². The van der Waals surface area contributed by atoms with Gasteiger partial charge >= 0.3 is 0 Å². The lowest BCUT2D eigenvalue weighted by atomic mass is 10.1. The highest BCUT2D eigenvalue weighted by Crippen LogP contribution is 2.12. The first-order valence-electron chi connectivity index (χ1n) is 9.95. The molecule has 2 aromatic carbocycles. The summed E-state index contributed by atoms with van der Waals surface area (Å²) in [5.74, 6) is -1.54. The molecule has 0 bridgehead atoms. The molecule has 0 aliphatic heterocycles. The molecule has 0 aliphatic rings. The molecule has 10 heteroatoms. The van der Waals surface area contributed by atoms with Crippen molar-refractivity contribution in [2.24, 2.45) is 0 Å². The van der Waals surface area contributed by atoms with Crippen molar-refractivity contribution in [1.29, 1.82) is 0 Å². The van der Waals surface area contributed by atoms with Gasteiger partial charge in [0, 0.05) is 35.3 Å². The molecular formula is C22H26N4O6. The summed E-state index contributed by atoms with van der Waals surface area (Å²) in [5.41, 5.74) is 17.1. The van der Waals surface area contributed by atoms with E-state index in [2.05, 4.69) is 11.0 Å². The highest BCUT2D eigenvalue weighted by atomic mass is 16.7. The van der Waals surface area contributed by atoms with E-state index in [1.807, 2.05) is 0 Å². The van der Waals surface area contributed by atoms with Crippen LogP contribution in [0.5, 0.6) is 0 Å². The van der Waals surface area contributed by atoms with E-state index < -0.39 is 11.8 Å². The minimum Gasteiger partial charge on any atom is -0.398 e. The Morgan fingerprint density at radius 2 is 1.03 bits per heavy atom. The normalized spacial score (nSPS) is 10.4. The molecule has 2 amide bonds. The number of carbonyl (C=O) groups is 4. The monoisotopic (exact) mass is 442 g/mol. The minimum atomic E-state index is -0.415. The number of hydroxylamine groups is 2. The van der Waals surface area contributed by atoms with Crippen LogP contribution in [0.4, 0.5) is 11.4 Å². The molecule has 2 aromatic rings. The SMILES string of the molecule is Nc1ccccc1C(=O)CONC(=O)CCCCC(=O)NOCC(=O)c1ccccc1N. The molecule has 10 nitrogen and oxygen atoms in total. The highest BCUT2D eigenvalue weighted by Gasteiger charge is 2.12. The van der Waals surface area contributed by atoms with Crippen molar-refractivity contribution in [3.05, 3.63) is 59.7 Å². The van der Waals surface area contributed by atoms with E-state index in [0.717, 1.165) is 0 Å². The van der Waals surface area contributed by atoms with E-state index >= 15 is 0 Å². The summed E-state index contributed by atoms with van der Waals surface area (Å²) in [4.78, 5) is 57.3. The Labute approximate surface area is 185 Å². The second-order valence-corrected chi connectivity index (χ2v) is 6.86. The fraction of sp³-hybridized carbons (Fsp3) is 0.273. The number of Topliss-reactive ketones (excluding diaryl/α,β-unsaturated/α-hetero) is 2. The smallest absolute Gasteiger partial charge is 0.243 e. The van der Waals surface area contributed by atoms with Crippen LogP contribution < -0.4 is 22.4 Å². The molecule has 0 atom stereocenters. The fourth-order valence-corrected chi connectivity index (χ4v) is 2.69. The third-order valence-corrected chi connectivity index (χ3v) is 4.36. The van der Waals surface area contributed by atoms with E-state index in [9.17, 15) is 19.2 Å². The summed E-state index contributed by atoms with van der Waals surface area (Å²) in [6, 6.07) is 13.1. The third-order valence-electron chi connectivity index (χ3n) is 4.36. The molecule has 0 saturated carbocycles.